The van der Waals surface area contributed by atoms with Crippen LogP contribution in [0.5, 0.6) is 0 Å². The topological polar surface area (TPSA) is 41.6 Å². The molecule has 0 aromatic heterocycles. The van der Waals surface area contributed by atoms with Crippen molar-refractivity contribution in [2.75, 3.05) is 39.4 Å². The van der Waals surface area contributed by atoms with Crippen molar-refractivity contribution in [2.45, 2.75) is 23.5 Å². The van der Waals surface area contributed by atoms with E-state index in [0.717, 1.165) is 50.7 Å². The van der Waals surface area contributed by atoms with Gasteiger partial charge < -0.3 is 10.1 Å². The summed E-state index contributed by atoms with van der Waals surface area (Å²) in [6, 6.07) is 7.57. The SMILES string of the molecule is CC(Sc1ccc(Cl)cc1)C(=O)NCCCN1CCOCC1. The summed E-state index contributed by atoms with van der Waals surface area (Å²) < 4.78 is 5.32. The number of ether oxygens (including phenoxy) is 1. The fraction of sp³-hybridized carbons (Fsp3) is 0.562. The highest BCUT2D eigenvalue weighted by molar-refractivity contribution is 8.00. The lowest BCUT2D eigenvalue weighted by Crippen LogP contribution is -2.38. The van der Waals surface area contributed by atoms with Gasteiger partial charge in [0.1, 0.15) is 0 Å². The van der Waals surface area contributed by atoms with Gasteiger partial charge in [-0.1, -0.05) is 11.6 Å². The molecule has 6 heteroatoms. The van der Waals surface area contributed by atoms with Crippen molar-refractivity contribution in [1.29, 1.82) is 0 Å². The second-order valence-electron chi connectivity index (χ2n) is 5.31. The van der Waals surface area contributed by atoms with Crippen LogP contribution in [0.25, 0.3) is 0 Å². The molecule has 1 fully saturated rings. The van der Waals surface area contributed by atoms with Gasteiger partial charge in [-0.15, -0.1) is 11.8 Å². The van der Waals surface area contributed by atoms with E-state index in [1.165, 1.54) is 0 Å². The van der Waals surface area contributed by atoms with Gasteiger partial charge in [-0.25, -0.2) is 0 Å². The summed E-state index contributed by atoms with van der Waals surface area (Å²) in [5.74, 6) is 0.0851. The molecule has 0 bridgehead atoms. The molecule has 22 heavy (non-hydrogen) atoms. The summed E-state index contributed by atoms with van der Waals surface area (Å²) in [6.45, 7) is 7.30. The fourth-order valence-corrected chi connectivity index (χ4v) is 3.27. The zero-order chi connectivity index (χ0) is 15.8. The number of hydrogen-bond acceptors (Lipinski definition) is 4. The smallest absolute Gasteiger partial charge is 0.233 e. The van der Waals surface area contributed by atoms with Crippen molar-refractivity contribution in [1.82, 2.24) is 10.2 Å². The Morgan fingerprint density at radius 1 is 1.36 bits per heavy atom. The second kappa shape index (κ2) is 9.40. The van der Waals surface area contributed by atoms with E-state index in [9.17, 15) is 4.79 Å². The molecular formula is C16H23ClN2O2S. The average Bonchev–Trinajstić information content (AvgIpc) is 2.54. The lowest BCUT2D eigenvalue weighted by molar-refractivity contribution is -0.120. The highest BCUT2D eigenvalue weighted by Gasteiger charge is 2.14. The number of halogens is 1. The summed E-state index contributed by atoms with van der Waals surface area (Å²) in [5.41, 5.74) is 0. The molecule has 1 aromatic rings. The molecule has 4 nitrogen and oxygen atoms in total. The maximum Gasteiger partial charge on any atom is 0.233 e. The van der Waals surface area contributed by atoms with Crippen LogP contribution < -0.4 is 5.32 Å². The van der Waals surface area contributed by atoms with Crippen LogP contribution in [-0.4, -0.2) is 55.4 Å². The number of carbonyl (C=O) groups is 1. The number of nitrogens with zero attached hydrogens (tertiary/aromatic N) is 1. The van der Waals surface area contributed by atoms with E-state index in [1.807, 2.05) is 31.2 Å². The summed E-state index contributed by atoms with van der Waals surface area (Å²) in [7, 11) is 0. The van der Waals surface area contributed by atoms with Crippen molar-refractivity contribution in [2.24, 2.45) is 0 Å². The van der Waals surface area contributed by atoms with Crippen LogP contribution in [0.2, 0.25) is 5.02 Å². The van der Waals surface area contributed by atoms with E-state index in [4.69, 9.17) is 16.3 Å². The maximum atomic E-state index is 12.1. The second-order valence-corrected chi connectivity index (χ2v) is 7.16. The number of rotatable bonds is 7. The lowest BCUT2D eigenvalue weighted by atomic mass is 10.3. The Morgan fingerprint density at radius 2 is 2.05 bits per heavy atom. The van der Waals surface area contributed by atoms with Gasteiger partial charge in [-0.3, -0.25) is 9.69 Å². The Balaban J connectivity index is 1.62. The van der Waals surface area contributed by atoms with Gasteiger partial charge in [0.05, 0.1) is 18.5 Å². The average molecular weight is 343 g/mol. The van der Waals surface area contributed by atoms with E-state index in [2.05, 4.69) is 10.2 Å². The van der Waals surface area contributed by atoms with Crippen molar-refractivity contribution in [3.05, 3.63) is 29.3 Å². The Labute approximate surface area is 141 Å². The zero-order valence-corrected chi connectivity index (χ0v) is 14.5. The first-order valence-corrected chi connectivity index (χ1v) is 8.91. The maximum absolute atomic E-state index is 12.1. The molecule has 0 aliphatic carbocycles. The Morgan fingerprint density at radius 3 is 2.73 bits per heavy atom. The largest absolute Gasteiger partial charge is 0.379 e. The first-order chi connectivity index (χ1) is 10.6. The van der Waals surface area contributed by atoms with Crippen LogP contribution in [0.1, 0.15) is 13.3 Å². The van der Waals surface area contributed by atoms with E-state index in [0.29, 0.717) is 5.02 Å². The van der Waals surface area contributed by atoms with E-state index >= 15 is 0 Å². The molecule has 0 saturated carbocycles. The Bertz CT molecular complexity index is 464. The molecule has 122 valence electrons. The normalized spacial score (nSPS) is 17.2. The van der Waals surface area contributed by atoms with Crippen LogP contribution in [0, 0.1) is 0 Å². The molecule has 1 heterocycles. The number of morpholine rings is 1. The number of carbonyl (C=O) groups excluding carboxylic acids is 1. The molecule has 1 N–H and O–H groups in total. The van der Waals surface area contributed by atoms with Gasteiger partial charge >= 0.3 is 0 Å². The molecule has 1 amide bonds. The van der Waals surface area contributed by atoms with Gasteiger partial charge in [0.2, 0.25) is 5.91 Å². The minimum Gasteiger partial charge on any atom is -0.379 e. The minimum atomic E-state index is -0.107. The number of benzene rings is 1. The van der Waals surface area contributed by atoms with Gasteiger partial charge in [0.15, 0.2) is 0 Å². The lowest BCUT2D eigenvalue weighted by Gasteiger charge is -2.26. The Hall–Kier alpha value is -0.750. The first-order valence-electron chi connectivity index (χ1n) is 7.65. The molecule has 1 aromatic carbocycles. The third-order valence-electron chi connectivity index (χ3n) is 3.55. The number of hydrogen-bond donors (Lipinski definition) is 1. The summed E-state index contributed by atoms with van der Waals surface area (Å²) in [4.78, 5) is 15.5. The van der Waals surface area contributed by atoms with Gasteiger partial charge in [-0.2, -0.15) is 0 Å². The van der Waals surface area contributed by atoms with Gasteiger partial charge in [0.25, 0.3) is 0 Å². The monoisotopic (exact) mass is 342 g/mol. The molecule has 2 rings (SSSR count). The Kier molecular flexibility index (Phi) is 7.52. The summed E-state index contributed by atoms with van der Waals surface area (Å²) in [5, 5.41) is 3.62. The standard InChI is InChI=1S/C16H23ClN2O2S/c1-13(22-15-5-3-14(17)4-6-15)16(20)18-7-2-8-19-9-11-21-12-10-19/h3-6,13H,2,7-12H2,1H3,(H,18,20). The van der Waals surface area contributed by atoms with Crippen molar-refractivity contribution >= 4 is 29.3 Å². The van der Waals surface area contributed by atoms with Crippen LogP contribution >= 0.6 is 23.4 Å². The minimum absolute atomic E-state index is 0.0851. The highest BCUT2D eigenvalue weighted by atomic mass is 35.5. The molecule has 1 aliphatic heterocycles. The third-order valence-corrected chi connectivity index (χ3v) is 4.91. The third kappa shape index (κ3) is 6.16. The summed E-state index contributed by atoms with van der Waals surface area (Å²) in [6.07, 6.45) is 0.976. The predicted molar refractivity (Wildman–Crippen MR) is 91.7 cm³/mol. The van der Waals surface area contributed by atoms with Crippen LogP contribution in [0.15, 0.2) is 29.2 Å². The predicted octanol–water partition coefficient (Wildman–Crippen LogP) is 2.66. The van der Waals surface area contributed by atoms with Gasteiger partial charge in [0, 0.05) is 29.6 Å². The fourth-order valence-electron chi connectivity index (χ4n) is 2.25. The highest BCUT2D eigenvalue weighted by Crippen LogP contribution is 2.24. The van der Waals surface area contributed by atoms with Crippen LogP contribution in [0.4, 0.5) is 0 Å². The van der Waals surface area contributed by atoms with Gasteiger partial charge in [-0.05, 0) is 44.2 Å². The number of thioether (sulfide) groups is 1. The zero-order valence-electron chi connectivity index (χ0n) is 12.9. The number of amides is 1. The molecule has 0 radical (unpaired) electrons. The molecule has 1 saturated heterocycles. The molecular weight excluding hydrogens is 320 g/mol. The van der Waals surface area contributed by atoms with E-state index in [1.54, 1.807) is 11.8 Å². The van der Waals surface area contributed by atoms with E-state index < -0.39 is 0 Å². The molecule has 0 spiro atoms. The van der Waals surface area contributed by atoms with E-state index in [-0.39, 0.29) is 11.2 Å². The first kappa shape index (κ1) is 17.6. The quantitative estimate of drug-likeness (QED) is 0.611. The van der Waals surface area contributed by atoms with Crippen molar-refractivity contribution in [3.8, 4) is 0 Å². The molecule has 1 unspecified atom stereocenters. The van der Waals surface area contributed by atoms with Crippen molar-refractivity contribution in [3.63, 3.8) is 0 Å². The van der Waals surface area contributed by atoms with Crippen molar-refractivity contribution < 1.29 is 9.53 Å². The summed E-state index contributed by atoms with van der Waals surface area (Å²) >= 11 is 7.41. The molecule has 1 aliphatic rings. The molecule has 1 atom stereocenters. The van der Waals surface area contributed by atoms with Crippen LogP contribution in [0.3, 0.4) is 0 Å². The van der Waals surface area contributed by atoms with Crippen LogP contribution in [-0.2, 0) is 9.53 Å². The number of nitrogens with one attached hydrogen (secondary N) is 1.